The van der Waals surface area contributed by atoms with Gasteiger partial charge < -0.3 is 10.6 Å². The van der Waals surface area contributed by atoms with E-state index in [-0.39, 0.29) is 0 Å². The smallest absolute Gasteiger partial charge is 0.166 e. The van der Waals surface area contributed by atoms with Gasteiger partial charge in [-0.25, -0.2) is 0 Å². The van der Waals surface area contributed by atoms with E-state index in [1.54, 1.807) is 0 Å². The molecule has 0 aliphatic rings. The molecule has 13 heavy (non-hydrogen) atoms. The van der Waals surface area contributed by atoms with Gasteiger partial charge in [-0.1, -0.05) is 20.3 Å². The largest absolute Gasteiger partial charge is 0.363 e. The highest BCUT2D eigenvalue weighted by atomic mass is 32.1. The van der Waals surface area contributed by atoms with E-state index in [0.717, 1.165) is 17.6 Å². The van der Waals surface area contributed by atoms with Crippen LogP contribution in [0.5, 0.6) is 0 Å². The van der Waals surface area contributed by atoms with Gasteiger partial charge in [0.2, 0.25) is 0 Å². The van der Waals surface area contributed by atoms with Crippen LogP contribution < -0.4 is 10.6 Å². The van der Waals surface area contributed by atoms with Crippen LogP contribution in [0, 0.1) is 5.92 Å². The summed E-state index contributed by atoms with van der Waals surface area (Å²) in [5.41, 5.74) is 0. The average molecular weight is 202 g/mol. The molecule has 0 spiro atoms. The Balaban J connectivity index is 3.60. The molecule has 0 aliphatic heterocycles. The summed E-state index contributed by atoms with van der Waals surface area (Å²) < 4.78 is 0. The topological polar surface area (TPSA) is 24.1 Å². The minimum atomic E-state index is 0.474. The van der Waals surface area contributed by atoms with Gasteiger partial charge in [0.25, 0.3) is 0 Å². The zero-order valence-corrected chi connectivity index (χ0v) is 10.0. The van der Waals surface area contributed by atoms with Gasteiger partial charge >= 0.3 is 0 Å². The van der Waals surface area contributed by atoms with Crippen molar-refractivity contribution in [1.29, 1.82) is 0 Å². The molecule has 0 aliphatic carbocycles. The zero-order valence-electron chi connectivity index (χ0n) is 9.18. The molecule has 2 nitrogen and oxygen atoms in total. The molecule has 0 bridgehead atoms. The van der Waals surface area contributed by atoms with E-state index in [2.05, 4.69) is 31.4 Å². The molecule has 0 saturated heterocycles. The molecule has 2 N–H and O–H groups in total. The molecular formula is C10H22N2S. The van der Waals surface area contributed by atoms with Gasteiger partial charge in [-0.2, -0.15) is 0 Å². The first-order valence-corrected chi connectivity index (χ1v) is 5.55. The van der Waals surface area contributed by atoms with Crippen molar-refractivity contribution >= 4 is 17.3 Å². The Hall–Kier alpha value is -0.310. The summed E-state index contributed by atoms with van der Waals surface area (Å²) in [6.45, 7) is 9.61. The van der Waals surface area contributed by atoms with Crippen molar-refractivity contribution in [1.82, 2.24) is 10.6 Å². The van der Waals surface area contributed by atoms with E-state index < -0.39 is 0 Å². The molecular weight excluding hydrogens is 180 g/mol. The van der Waals surface area contributed by atoms with E-state index in [1.807, 2.05) is 6.92 Å². The van der Waals surface area contributed by atoms with Gasteiger partial charge in [-0.15, -0.1) is 0 Å². The number of thiocarbonyl (C=S) groups is 1. The summed E-state index contributed by atoms with van der Waals surface area (Å²) in [5, 5.41) is 7.13. The van der Waals surface area contributed by atoms with Crippen LogP contribution >= 0.6 is 12.2 Å². The highest BCUT2D eigenvalue weighted by Gasteiger charge is 2.07. The van der Waals surface area contributed by atoms with E-state index in [1.165, 1.54) is 12.8 Å². The minimum Gasteiger partial charge on any atom is -0.363 e. The fourth-order valence-electron chi connectivity index (χ4n) is 1.26. The van der Waals surface area contributed by atoms with Crippen LogP contribution in [0.1, 0.15) is 40.5 Å². The normalized spacial score (nSPS) is 14.8. The minimum absolute atomic E-state index is 0.474. The van der Waals surface area contributed by atoms with Crippen LogP contribution in [0.2, 0.25) is 0 Å². The van der Waals surface area contributed by atoms with Gasteiger partial charge in [0.15, 0.2) is 5.11 Å². The molecule has 0 aromatic carbocycles. The molecule has 0 amide bonds. The number of hydrogen-bond donors (Lipinski definition) is 2. The predicted octanol–water partition coefficient (Wildman–Crippen LogP) is 2.30. The maximum Gasteiger partial charge on any atom is 0.166 e. The molecule has 0 radical (unpaired) electrons. The molecule has 0 saturated carbocycles. The lowest BCUT2D eigenvalue weighted by atomic mass is 10.0. The van der Waals surface area contributed by atoms with E-state index in [9.17, 15) is 0 Å². The third-order valence-corrected chi connectivity index (χ3v) is 2.43. The highest BCUT2D eigenvalue weighted by molar-refractivity contribution is 7.80. The SMILES string of the molecule is CCNC(=S)NC(C)CC(C)CC. The quantitative estimate of drug-likeness (QED) is 0.669. The standard InChI is InChI=1S/C10H22N2S/c1-5-8(3)7-9(4)12-10(13)11-6-2/h8-9H,5-7H2,1-4H3,(H2,11,12,13). The van der Waals surface area contributed by atoms with Crippen LogP contribution in [0.4, 0.5) is 0 Å². The van der Waals surface area contributed by atoms with Crippen molar-refractivity contribution in [3.63, 3.8) is 0 Å². The molecule has 78 valence electrons. The van der Waals surface area contributed by atoms with Crippen LogP contribution in [0.25, 0.3) is 0 Å². The van der Waals surface area contributed by atoms with Crippen LogP contribution in [-0.2, 0) is 0 Å². The van der Waals surface area contributed by atoms with E-state index in [0.29, 0.717) is 6.04 Å². The van der Waals surface area contributed by atoms with Crippen LogP contribution in [0.3, 0.4) is 0 Å². The summed E-state index contributed by atoms with van der Waals surface area (Å²) in [4.78, 5) is 0. The molecule has 0 heterocycles. The van der Waals surface area contributed by atoms with Crippen LogP contribution in [0.15, 0.2) is 0 Å². The van der Waals surface area contributed by atoms with E-state index in [4.69, 9.17) is 12.2 Å². The Morgan fingerprint density at radius 3 is 2.38 bits per heavy atom. The summed E-state index contributed by atoms with van der Waals surface area (Å²) in [5.74, 6) is 0.770. The average Bonchev–Trinajstić information content (AvgIpc) is 2.04. The number of rotatable bonds is 5. The molecule has 0 aromatic heterocycles. The Labute approximate surface area is 87.5 Å². The molecule has 3 heteroatoms. The fraction of sp³-hybridized carbons (Fsp3) is 0.900. The van der Waals surface area contributed by atoms with Gasteiger partial charge in [0, 0.05) is 12.6 Å². The lowest BCUT2D eigenvalue weighted by Gasteiger charge is -2.19. The van der Waals surface area contributed by atoms with E-state index >= 15 is 0 Å². The van der Waals surface area contributed by atoms with Crippen molar-refractivity contribution in [2.45, 2.75) is 46.6 Å². The first-order valence-electron chi connectivity index (χ1n) is 5.14. The second-order valence-corrected chi connectivity index (χ2v) is 4.06. The number of hydrogen-bond acceptors (Lipinski definition) is 1. The lowest BCUT2D eigenvalue weighted by molar-refractivity contribution is 0.447. The van der Waals surface area contributed by atoms with Gasteiger partial charge in [-0.3, -0.25) is 0 Å². The number of nitrogens with one attached hydrogen (secondary N) is 2. The molecule has 2 unspecified atom stereocenters. The third-order valence-electron chi connectivity index (χ3n) is 2.17. The Morgan fingerprint density at radius 1 is 1.31 bits per heavy atom. The second-order valence-electron chi connectivity index (χ2n) is 3.65. The lowest BCUT2D eigenvalue weighted by Crippen LogP contribution is -2.40. The predicted molar refractivity (Wildman–Crippen MR) is 62.9 cm³/mol. The molecule has 0 aromatic rings. The van der Waals surface area contributed by atoms with Gasteiger partial charge in [0.1, 0.15) is 0 Å². The first-order chi connectivity index (χ1) is 6.10. The van der Waals surface area contributed by atoms with Gasteiger partial charge in [-0.05, 0) is 38.4 Å². The molecule has 2 atom stereocenters. The Kier molecular flexibility index (Phi) is 6.96. The van der Waals surface area contributed by atoms with Crippen molar-refractivity contribution in [3.05, 3.63) is 0 Å². The highest BCUT2D eigenvalue weighted by Crippen LogP contribution is 2.08. The monoisotopic (exact) mass is 202 g/mol. The Bertz CT molecular complexity index is 148. The summed E-state index contributed by atoms with van der Waals surface area (Å²) >= 11 is 5.10. The zero-order chi connectivity index (χ0) is 10.3. The molecule has 0 fully saturated rings. The van der Waals surface area contributed by atoms with Gasteiger partial charge in [0.05, 0.1) is 0 Å². The Morgan fingerprint density at radius 2 is 1.92 bits per heavy atom. The summed E-state index contributed by atoms with van der Waals surface area (Å²) in [6, 6.07) is 0.474. The maximum absolute atomic E-state index is 5.10. The van der Waals surface area contributed by atoms with Crippen molar-refractivity contribution in [3.8, 4) is 0 Å². The van der Waals surface area contributed by atoms with Crippen molar-refractivity contribution in [2.75, 3.05) is 6.54 Å². The summed E-state index contributed by atoms with van der Waals surface area (Å²) in [6.07, 6.45) is 2.42. The molecule has 0 rings (SSSR count). The second kappa shape index (κ2) is 7.13. The third kappa shape index (κ3) is 6.82. The summed E-state index contributed by atoms with van der Waals surface area (Å²) in [7, 11) is 0. The van der Waals surface area contributed by atoms with Crippen LogP contribution in [-0.4, -0.2) is 17.7 Å². The van der Waals surface area contributed by atoms with Crippen molar-refractivity contribution in [2.24, 2.45) is 5.92 Å². The maximum atomic E-state index is 5.10. The fourth-order valence-corrected chi connectivity index (χ4v) is 1.61. The van der Waals surface area contributed by atoms with Crippen molar-refractivity contribution < 1.29 is 0 Å². The first kappa shape index (κ1) is 12.7.